The molecule has 1 aromatic rings. The first-order valence-corrected chi connectivity index (χ1v) is 5.68. The minimum absolute atomic E-state index is 0.109. The molecule has 4 nitrogen and oxygen atoms in total. The van der Waals surface area contributed by atoms with Gasteiger partial charge in [-0.05, 0) is 25.0 Å². The summed E-state index contributed by atoms with van der Waals surface area (Å²) in [6, 6.07) is 1.84. The van der Waals surface area contributed by atoms with Crippen LogP contribution in [0.1, 0.15) is 17.5 Å². The minimum Gasteiger partial charge on any atom is -0.481 e. The van der Waals surface area contributed by atoms with Crippen molar-refractivity contribution >= 4 is 21.9 Å². The molecule has 1 N–H and O–H groups in total. The van der Waals surface area contributed by atoms with Crippen LogP contribution < -0.4 is 9.47 Å². The topological polar surface area (TPSA) is 55.8 Å². The number of aryl methyl sites for hydroxylation is 1. The van der Waals surface area contributed by atoms with Crippen LogP contribution in [0.15, 0.2) is 10.5 Å². The van der Waals surface area contributed by atoms with E-state index in [0.717, 1.165) is 21.3 Å². The van der Waals surface area contributed by atoms with Crippen LogP contribution in [-0.4, -0.2) is 17.9 Å². The zero-order valence-corrected chi connectivity index (χ0v) is 10.3. The molecule has 0 saturated carbocycles. The lowest BCUT2D eigenvalue weighted by Gasteiger charge is -2.09. The zero-order chi connectivity index (χ0) is 11.7. The van der Waals surface area contributed by atoms with Gasteiger partial charge in [-0.15, -0.1) is 0 Å². The van der Waals surface area contributed by atoms with Crippen molar-refractivity contribution in [2.45, 2.75) is 19.8 Å². The van der Waals surface area contributed by atoms with E-state index in [1.165, 1.54) is 0 Å². The Bertz CT molecular complexity index is 442. The van der Waals surface area contributed by atoms with Crippen molar-refractivity contribution in [1.82, 2.24) is 0 Å². The predicted octanol–water partition coefficient (Wildman–Crippen LogP) is 2.50. The van der Waals surface area contributed by atoms with Gasteiger partial charge in [-0.1, -0.05) is 15.9 Å². The first-order chi connectivity index (χ1) is 7.59. The molecule has 5 heteroatoms. The molecule has 16 heavy (non-hydrogen) atoms. The molecular weight excluding hydrogens is 276 g/mol. The highest BCUT2D eigenvalue weighted by Crippen LogP contribution is 2.41. The fourth-order valence-electron chi connectivity index (χ4n) is 1.67. The van der Waals surface area contributed by atoms with Crippen LogP contribution in [0.25, 0.3) is 0 Å². The summed E-state index contributed by atoms with van der Waals surface area (Å²) in [7, 11) is 0. The quantitative estimate of drug-likeness (QED) is 0.928. The van der Waals surface area contributed by atoms with E-state index < -0.39 is 5.97 Å². The highest BCUT2D eigenvalue weighted by molar-refractivity contribution is 9.10. The lowest BCUT2D eigenvalue weighted by atomic mass is 10.1. The second-order valence-electron chi connectivity index (χ2n) is 3.60. The summed E-state index contributed by atoms with van der Waals surface area (Å²) in [5.74, 6) is 0.634. The van der Waals surface area contributed by atoms with Crippen LogP contribution in [-0.2, 0) is 11.2 Å². The van der Waals surface area contributed by atoms with Crippen LogP contribution in [0.4, 0.5) is 0 Å². The van der Waals surface area contributed by atoms with E-state index in [9.17, 15) is 4.79 Å². The molecule has 0 saturated heterocycles. The molecule has 1 aliphatic rings. The van der Waals surface area contributed by atoms with E-state index >= 15 is 0 Å². The number of aliphatic carboxylic acids is 1. The predicted molar refractivity (Wildman–Crippen MR) is 61.0 cm³/mol. The largest absolute Gasteiger partial charge is 0.481 e. The van der Waals surface area contributed by atoms with E-state index in [4.69, 9.17) is 14.6 Å². The molecule has 0 atom stereocenters. The van der Waals surface area contributed by atoms with Crippen molar-refractivity contribution in [3.63, 3.8) is 0 Å². The number of hydrogen-bond acceptors (Lipinski definition) is 3. The van der Waals surface area contributed by atoms with Gasteiger partial charge in [-0.3, -0.25) is 4.79 Å². The Balaban J connectivity index is 2.32. The minimum atomic E-state index is -0.804. The van der Waals surface area contributed by atoms with Crippen LogP contribution in [0.5, 0.6) is 11.5 Å². The normalized spacial score (nSPS) is 12.9. The van der Waals surface area contributed by atoms with E-state index in [2.05, 4.69) is 15.9 Å². The molecule has 0 unspecified atom stereocenters. The Hall–Kier alpha value is -1.23. The maximum atomic E-state index is 10.5. The first kappa shape index (κ1) is 11.3. The Morgan fingerprint density at radius 1 is 1.56 bits per heavy atom. The first-order valence-electron chi connectivity index (χ1n) is 4.89. The molecule has 1 aliphatic heterocycles. The summed E-state index contributed by atoms with van der Waals surface area (Å²) in [4.78, 5) is 10.5. The molecule has 2 rings (SSSR count). The number of hydrogen-bond donors (Lipinski definition) is 1. The molecule has 1 aromatic carbocycles. The fraction of sp³-hybridized carbons (Fsp3) is 0.364. The van der Waals surface area contributed by atoms with E-state index in [0.29, 0.717) is 12.2 Å². The van der Waals surface area contributed by atoms with Crippen molar-refractivity contribution in [2.75, 3.05) is 6.79 Å². The number of fused-ring (bicyclic) bond motifs is 1. The number of benzene rings is 1. The number of carboxylic acid groups (broad SMARTS) is 1. The standard InChI is InChI=1S/C11H11BrO4/c1-6-10(12)7(2-3-9(13)14)4-8-11(6)16-5-15-8/h4H,2-3,5H2,1H3,(H,13,14). The summed E-state index contributed by atoms with van der Waals surface area (Å²) < 4.78 is 11.5. The SMILES string of the molecule is Cc1c(Br)c(CCC(=O)O)cc2c1OCO2. The summed E-state index contributed by atoms with van der Waals surface area (Å²) in [6.45, 7) is 2.15. The van der Waals surface area contributed by atoms with Gasteiger partial charge in [0.2, 0.25) is 6.79 Å². The van der Waals surface area contributed by atoms with Gasteiger partial charge in [0.05, 0.1) is 0 Å². The van der Waals surface area contributed by atoms with Gasteiger partial charge in [-0.25, -0.2) is 0 Å². The Morgan fingerprint density at radius 3 is 3.00 bits per heavy atom. The Labute approximate surface area is 101 Å². The number of halogens is 1. The lowest BCUT2D eigenvalue weighted by molar-refractivity contribution is -0.136. The number of rotatable bonds is 3. The van der Waals surface area contributed by atoms with E-state index in [-0.39, 0.29) is 13.2 Å². The summed E-state index contributed by atoms with van der Waals surface area (Å²) >= 11 is 3.46. The van der Waals surface area contributed by atoms with E-state index in [1.807, 2.05) is 13.0 Å². The third-order valence-electron chi connectivity index (χ3n) is 2.51. The maximum Gasteiger partial charge on any atom is 0.303 e. The number of carbonyl (C=O) groups is 1. The second kappa shape index (κ2) is 4.33. The van der Waals surface area contributed by atoms with Gasteiger partial charge in [0.25, 0.3) is 0 Å². The molecule has 0 radical (unpaired) electrons. The van der Waals surface area contributed by atoms with Crippen LogP contribution in [0.2, 0.25) is 0 Å². The van der Waals surface area contributed by atoms with Crippen molar-refractivity contribution in [3.8, 4) is 11.5 Å². The second-order valence-corrected chi connectivity index (χ2v) is 4.40. The van der Waals surface area contributed by atoms with Crippen LogP contribution in [0.3, 0.4) is 0 Å². The highest BCUT2D eigenvalue weighted by Gasteiger charge is 2.20. The summed E-state index contributed by atoms with van der Waals surface area (Å²) in [6.07, 6.45) is 0.588. The van der Waals surface area contributed by atoms with Gasteiger partial charge >= 0.3 is 5.97 Å². The molecule has 0 amide bonds. The van der Waals surface area contributed by atoms with Crippen LogP contribution in [0, 0.1) is 6.92 Å². The van der Waals surface area contributed by atoms with Crippen molar-refractivity contribution in [3.05, 3.63) is 21.7 Å². The molecule has 0 aromatic heterocycles. The van der Waals surface area contributed by atoms with Crippen LogP contribution >= 0.6 is 15.9 Å². The van der Waals surface area contributed by atoms with Gasteiger partial charge < -0.3 is 14.6 Å². The zero-order valence-electron chi connectivity index (χ0n) is 8.75. The van der Waals surface area contributed by atoms with E-state index in [1.54, 1.807) is 0 Å². The maximum absolute atomic E-state index is 10.5. The smallest absolute Gasteiger partial charge is 0.303 e. The van der Waals surface area contributed by atoms with Crippen molar-refractivity contribution in [2.24, 2.45) is 0 Å². The van der Waals surface area contributed by atoms with Gasteiger partial charge in [-0.2, -0.15) is 0 Å². The Kier molecular flexibility index (Phi) is 3.05. The van der Waals surface area contributed by atoms with Crippen molar-refractivity contribution in [1.29, 1.82) is 0 Å². The molecule has 0 fully saturated rings. The number of carboxylic acids is 1. The molecule has 86 valence electrons. The van der Waals surface area contributed by atoms with Gasteiger partial charge in [0, 0.05) is 16.5 Å². The summed E-state index contributed by atoms with van der Waals surface area (Å²) in [5, 5.41) is 8.66. The average Bonchev–Trinajstić information content (AvgIpc) is 2.69. The Morgan fingerprint density at radius 2 is 2.31 bits per heavy atom. The molecular formula is C11H11BrO4. The average molecular weight is 287 g/mol. The highest BCUT2D eigenvalue weighted by atomic mass is 79.9. The number of ether oxygens (including phenoxy) is 2. The third-order valence-corrected chi connectivity index (χ3v) is 3.61. The monoisotopic (exact) mass is 286 g/mol. The molecule has 0 bridgehead atoms. The molecule has 0 aliphatic carbocycles. The van der Waals surface area contributed by atoms with Gasteiger partial charge in [0.15, 0.2) is 11.5 Å². The molecule has 1 heterocycles. The van der Waals surface area contributed by atoms with Crippen molar-refractivity contribution < 1.29 is 19.4 Å². The lowest BCUT2D eigenvalue weighted by Crippen LogP contribution is -1.99. The van der Waals surface area contributed by atoms with Gasteiger partial charge in [0.1, 0.15) is 0 Å². The fourth-order valence-corrected chi connectivity index (χ4v) is 2.17. The third kappa shape index (κ3) is 2.00. The summed E-state index contributed by atoms with van der Waals surface area (Å²) in [5.41, 5.74) is 1.89. The molecule has 0 spiro atoms.